The molecule has 108 valence electrons. The van der Waals surface area contributed by atoms with Crippen molar-refractivity contribution in [3.63, 3.8) is 0 Å². The zero-order chi connectivity index (χ0) is 14.3. The Morgan fingerprint density at radius 3 is 2.75 bits per heavy atom. The second-order valence-corrected chi connectivity index (χ2v) is 6.52. The number of aliphatic imine (C=N–C) groups is 1. The van der Waals surface area contributed by atoms with Gasteiger partial charge in [0.25, 0.3) is 0 Å². The number of nitrogens with two attached hydrogens (primary N) is 1. The lowest BCUT2D eigenvalue weighted by Crippen LogP contribution is -2.59. The first-order valence-corrected chi connectivity index (χ1v) is 7.27. The maximum Gasteiger partial charge on any atom is 0.193 e. The first-order chi connectivity index (χ1) is 9.48. The summed E-state index contributed by atoms with van der Waals surface area (Å²) in [7, 11) is 0. The van der Waals surface area contributed by atoms with E-state index < -0.39 is 0 Å². The molecule has 0 radical (unpaired) electrons. The summed E-state index contributed by atoms with van der Waals surface area (Å²) < 4.78 is 5.78. The van der Waals surface area contributed by atoms with Gasteiger partial charge in [0.15, 0.2) is 5.96 Å². The van der Waals surface area contributed by atoms with Crippen LogP contribution in [0.15, 0.2) is 29.3 Å². The highest BCUT2D eigenvalue weighted by Crippen LogP contribution is 2.53. The number of guanidine groups is 1. The summed E-state index contributed by atoms with van der Waals surface area (Å²) in [4.78, 5) is 4.70. The van der Waals surface area contributed by atoms with Crippen LogP contribution in [0.4, 0.5) is 5.69 Å². The van der Waals surface area contributed by atoms with Gasteiger partial charge in [-0.2, -0.15) is 0 Å². The van der Waals surface area contributed by atoms with Crippen molar-refractivity contribution in [3.05, 3.63) is 29.8 Å². The molecule has 4 heteroatoms. The molecule has 0 amide bonds. The fourth-order valence-electron chi connectivity index (χ4n) is 3.53. The lowest BCUT2D eigenvalue weighted by Gasteiger charge is -2.52. The predicted octanol–water partition coefficient (Wildman–Crippen LogP) is 2.54. The molecule has 1 aliphatic heterocycles. The summed E-state index contributed by atoms with van der Waals surface area (Å²) >= 11 is 0. The van der Waals surface area contributed by atoms with E-state index in [0.717, 1.165) is 18.7 Å². The van der Waals surface area contributed by atoms with Crippen LogP contribution < -0.4 is 11.1 Å². The van der Waals surface area contributed by atoms with Gasteiger partial charge in [-0.15, -0.1) is 0 Å². The van der Waals surface area contributed by atoms with Gasteiger partial charge < -0.3 is 15.8 Å². The van der Waals surface area contributed by atoms with Crippen LogP contribution >= 0.6 is 0 Å². The molecular formula is C16H23N3O. The van der Waals surface area contributed by atoms with Crippen molar-refractivity contribution in [2.75, 3.05) is 11.9 Å². The van der Waals surface area contributed by atoms with Crippen LogP contribution in [0.3, 0.4) is 0 Å². The minimum Gasteiger partial charge on any atom is -0.377 e. The van der Waals surface area contributed by atoms with Gasteiger partial charge in [0, 0.05) is 23.6 Å². The standard InChI is InChI=1S/C16H23N3O/c1-10-4-6-11(7-5-10)18-15(17)19-13-12-8-9-20-14(12)16(13,2)3/h4-7,12-14H,8-9H2,1-3H3,(H3,17,18,19). The third-order valence-corrected chi connectivity index (χ3v) is 4.64. The molecule has 1 aromatic carbocycles. The molecule has 1 aromatic rings. The van der Waals surface area contributed by atoms with E-state index in [1.54, 1.807) is 0 Å². The Bertz CT molecular complexity index is 521. The summed E-state index contributed by atoms with van der Waals surface area (Å²) in [6, 6.07) is 8.41. The molecule has 1 heterocycles. The van der Waals surface area contributed by atoms with Crippen molar-refractivity contribution < 1.29 is 4.74 Å². The molecule has 1 saturated heterocycles. The van der Waals surface area contributed by atoms with E-state index in [-0.39, 0.29) is 11.5 Å². The summed E-state index contributed by atoms with van der Waals surface area (Å²) in [5.74, 6) is 1.03. The minimum atomic E-state index is 0.0841. The van der Waals surface area contributed by atoms with Gasteiger partial charge in [-0.25, -0.2) is 4.99 Å². The summed E-state index contributed by atoms with van der Waals surface area (Å²) in [6.45, 7) is 7.36. The molecule has 2 fully saturated rings. The molecule has 3 unspecified atom stereocenters. The average molecular weight is 273 g/mol. The number of hydrogen-bond donors (Lipinski definition) is 2. The third kappa shape index (κ3) is 2.18. The molecule has 1 aliphatic carbocycles. The van der Waals surface area contributed by atoms with Crippen LogP contribution in [0.2, 0.25) is 0 Å². The van der Waals surface area contributed by atoms with Crippen molar-refractivity contribution in [3.8, 4) is 0 Å². The Morgan fingerprint density at radius 1 is 1.35 bits per heavy atom. The molecule has 20 heavy (non-hydrogen) atoms. The largest absolute Gasteiger partial charge is 0.377 e. The van der Waals surface area contributed by atoms with Crippen LogP contribution in [-0.2, 0) is 4.74 Å². The number of anilines is 1. The van der Waals surface area contributed by atoms with Gasteiger partial charge in [0.1, 0.15) is 0 Å². The fraction of sp³-hybridized carbons (Fsp3) is 0.562. The lowest BCUT2D eigenvalue weighted by molar-refractivity contribution is -0.0985. The molecule has 4 nitrogen and oxygen atoms in total. The van der Waals surface area contributed by atoms with Crippen LogP contribution in [0.5, 0.6) is 0 Å². The van der Waals surface area contributed by atoms with Gasteiger partial charge in [0.2, 0.25) is 0 Å². The number of benzene rings is 1. The van der Waals surface area contributed by atoms with Gasteiger partial charge in [-0.05, 0) is 25.5 Å². The second-order valence-electron chi connectivity index (χ2n) is 6.52. The SMILES string of the molecule is Cc1ccc(NC(N)=NC2C3CCOC3C2(C)C)cc1. The number of nitrogens with one attached hydrogen (secondary N) is 1. The van der Waals surface area contributed by atoms with Gasteiger partial charge in [-0.3, -0.25) is 0 Å². The summed E-state index contributed by atoms with van der Waals surface area (Å²) in [5, 5.41) is 3.17. The summed E-state index contributed by atoms with van der Waals surface area (Å²) in [5.41, 5.74) is 8.35. The van der Waals surface area contributed by atoms with Crippen LogP contribution in [-0.4, -0.2) is 24.7 Å². The first kappa shape index (κ1) is 13.4. The zero-order valence-corrected chi connectivity index (χ0v) is 12.4. The van der Waals surface area contributed by atoms with Crippen molar-refractivity contribution in [2.45, 2.75) is 39.3 Å². The third-order valence-electron chi connectivity index (χ3n) is 4.64. The van der Waals surface area contributed by atoms with Crippen molar-refractivity contribution >= 4 is 11.6 Å². The quantitative estimate of drug-likeness (QED) is 0.643. The Balaban J connectivity index is 1.70. The molecular weight excluding hydrogens is 250 g/mol. The maximum absolute atomic E-state index is 6.06. The minimum absolute atomic E-state index is 0.0841. The van der Waals surface area contributed by atoms with E-state index in [4.69, 9.17) is 15.5 Å². The second kappa shape index (κ2) is 4.77. The number of nitrogens with zero attached hydrogens (tertiary/aromatic N) is 1. The van der Waals surface area contributed by atoms with Gasteiger partial charge >= 0.3 is 0 Å². The predicted molar refractivity (Wildman–Crippen MR) is 81.8 cm³/mol. The van der Waals surface area contributed by atoms with E-state index >= 15 is 0 Å². The van der Waals surface area contributed by atoms with Crippen molar-refractivity contribution in [1.29, 1.82) is 0 Å². The number of fused-ring (bicyclic) bond motifs is 1. The Morgan fingerprint density at radius 2 is 2.05 bits per heavy atom. The van der Waals surface area contributed by atoms with Crippen molar-refractivity contribution in [2.24, 2.45) is 22.1 Å². The highest BCUT2D eigenvalue weighted by Gasteiger charge is 2.59. The smallest absolute Gasteiger partial charge is 0.193 e. The molecule has 3 N–H and O–H groups in total. The van der Waals surface area contributed by atoms with Crippen molar-refractivity contribution in [1.82, 2.24) is 0 Å². The molecule has 0 spiro atoms. The normalized spacial score (nSPS) is 31.6. The Hall–Kier alpha value is -1.55. The van der Waals surface area contributed by atoms with Crippen LogP contribution in [0, 0.1) is 18.3 Å². The molecule has 0 bridgehead atoms. The van der Waals surface area contributed by atoms with E-state index in [9.17, 15) is 0 Å². The number of aryl methyl sites for hydroxylation is 1. The van der Waals surface area contributed by atoms with E-state index in [1.807, 2.05) is 12.1 Å². The number of ether oxygens (including phenoxy) is 1. The monoisotopic (exact) mass is 273 g/mol. The molecule has 0 aromatic heterocycles. The first-order valence-electron chi connectivity index (χ1n) is 7.27. The molecule has 3 atom stereocenters. The summed E-state index contributed by atoms with van der Waals surface area (Å²) in [6.07, 6.45) is 1.45. The topological polar surface area (TPSA) is 59.6 Å². The Kier molecular flexibility index (Phi) is 3.21. The molecule has 3 rings (SSSR count). The fourth-order valence-corrected chi connectivity index (χ4v) is 3.53. The van der Waals surface area contributed by atoms with E-state index in [1.165, 1.54) is 5.56 Å². The van der Waals surface area contributed by atoms with E-state index in [2.05, 4.69) is 38.2 Å². The zero-order valence-electron chi connectivity index (χ0n) is 12.4. The molecule has 2 aliphatic rings. The molecule has 1 saturated carbocycles. The van der Waals surface area contributed by atoms with E-state index in [0.29, 0.717) is 18.0 Å². The van der Waals surface area contributed by atoms with Crippen LogP contribution in [0.1, 0.15) is 25.8 Å². The number of rotatable bonds is 2. The average Bonchev–Trinajstić information content (AvgIpc) is 2.86. The van der Waals surface area contributed by atoms with Gasteiger partial charge in [0.05, 0.1) is 12.1 Å². The highest BCUT2D eigenvalue weighted by atomic mass is 16.5. The Labute approximate surface area is 120 Å². The van der Waals surface area contributed by atoms with Gasteiger partial charge in [-0.1, -0.05) is 31.5 Å². The highest BCUT2D eigenvalue weighted by molar-refractivity contribution is 5.92. The number of hydrogen-bond acceptors (Lipinski definition) is 2. The maximum atomic E-state index is 6.06. The lowest BCUT2D eigenvalue weighted by atomic mass is 9.57. The van der Waals surface area contributed by atoms with Crippen LogP contribution in [0.25, 0.3) is 0 Å².